The normalized spacial score (nSPS) is 24.6. The Bertz CT molecular complexity index is 337. The van der Waals surface area contributed by atoms with Gasteiger partial charge in [-0.15, -0.1) is 11.8 Å². The predicted molar refractivity (Wildman–Crippen MR) is 72.7 cm³/mol. The fourth-order valence-electron chi connectivity index (χ4n) is 2.44. The first kappa shape index (κ1) is 12.8. The number of rotatable bonds is 4. The molecular weight excluding hydrogens is 232 g/mol. The van der Waals surface area contributed by atoms with E-state index in [4.69, 9.17) is 4.74 Å². The highest BCUT2D eigenvalue weighted by atomic mass is 32.2. The summed E-state index contributed by atoms with van der Waals surface area (Å²) in [5.74, 6) is 1.91. The van der Waals surface area contributed by atoms with Crippen LogP contribution >= 0.6 is 11.8 Å². The molecular formula is C14H20O2S. The Labute approximate surface area is 107 Å². The summed E-state index contributed by atoms with van der Waals surface area (Å²) in [6, 6.07) is 8.20. The van der Waals surface area contributed by atoms with Gasteiger partial charge in [0.15, 0.2) is 0 Å². The molecule has 0 aromatic heterocycles. The molecule has 1 saturated carbocycles. The Morgan fingerprint density at radius 3 is 2.59 bits per heavy atom. The summed E-state index contributed by atoms with van der Waals surface area (Å²) in [6.07, 6.45) is 6.29. The van der Waals surface area contributed by atoms with Gasteiger partial charge in [-0.1, -0.05) is 25.0 Å². The van der Waals surface area contributed by atoms with Gasteiger partial charge in [0.25, 0.3) is 0 Å². The average Bonchev–Trinajstić information content (AvgIpc) is 2.38. The molecule has 2 rings (SSSR count). The van der Waals surface area contributed by atoms with Gasteiger partial charge in [-0.25, -0.2) is 0 Å². The Balaban J connectivity index is 2.01. The Morgan fingerprint density at radius 2 is 1.94 bits per heavy atom. The van der Waals surface area contributed by atoms with E-state index >= 15 is 0 Å². The third-order valence-electron chi connectivity index (χ3n) is 3.38. The molecule has 0 unspecified atom stereocenters. The Morgan fingerprint density at radius 1 is 1.24 bits per heavy atom. The van der Waals surface area contributed by atoms with Crippen LogP contribution in [0.4, 0.5) is 0 Å². The predicted octanol–water partition coefficient (Wildman–Crippen LogP) is 3.40. The molecule has 2 atom stereocenters. The molecule has 1 N–H and O–H groups in total. The zero-order valence-corrected chi connectivity index (χ0v) is 11.1. The summed E-state index contributed by atoms with van der Waals surface area (Å²) < 4.78 is 5.52. The summed E-state index contributed by atoms with van der Waals surface area (Å²) in [5.41, 5.74) is 1.24. The van der Waals surface area contributed by atoms with Gasteiger partial charge in [-0.3, -0.25) is 0 Å². The highest BCUT2D eigenvalue weighted by molar-refractivity contribution is 7.98. The van der Waals surface area contributed by atoms with Crippen molar-refractivity contribution in [2.45, 2.75) is 37.7 Å². The van der Waals surface area contributed by atoms with Gasteiger partial charge in [0.1, 0.15) is 11.7 Å². The molecule has 94 valence electrons. The number of aliphatic hydroxyl groups is 1. The lowest BCUT2D eigenvalue weighted by Crippen LogP contribution is -2.22. The van der Waals surface area contributed by atoms with Gasteiger partial charge in [0.05, 0.1) is 6.10 Å². The van der Waals surface area contributed by atoms with E-state index in [0.717, 1.165) is 25.0 Å². The summed E-state index contributed by atoms with van der Waals surface area (Å²) >= 11 is 1.67. The van der Waals surface area contributed by atoms with E-state index in [1.54, 1.807) is 11.8 Å². The van der Waals surface area contributed by atoms with E-state index in [1.165, 1.54) is 12.0 Å². The number of thioether (sulfide) groups is 1. The molecule has 1 aliphatic carbocycles. The lowest BCUT2D eigenvalue weighted by Gasteiger charge is -2.27. The summed E-state index contributed by atoms with van der Waals surface area (Å²) in [4.78, 5) is 0. The van der Waals surface area contributed by atoms with Crippen LogP contribution in [0.2, 0.25) is 0 Å². The van der Waals surface area contributed by atoms with Crippen LogP contribution in [0.1, 0.15) is 37.2 Å². The zero-order chi connectivity index (χ0) is 12.1. The van der Waals surface area contributed by atoms with Crippen LogP contribution in [0.3, 0.4) is 0 Å². The first-order valence-electron chi connectivity index (χ1n) is 6.21. The molecule has 0 saturated heterocycles. The molecule has 1 aliphatic rings. The fourth-order valence-corrected chi connectivity index (χ4v) is 2.69. The van der Waals surface area contributed by atoms with Crippen molar-refractivity contribution in [3.63, 3.8) is 0 Å². The molecule has 3 heteroatoms. The lowest BCUT2D eigenvalue weighted by molar-refractivity contribution is 0.106. The third-order valence-corrected chi connectivity index (χ3v) is 3.73. The second-order valence-corrected chi connectivity index (χ2v) is 5.39. The molecule has 0 heterocycles. The van der Waals surface area contributed by atoms with E-state index in [0.29, 0.717) is 11.9 Å². The highest BCUT2D eigenvalue weighted by Gasteiger charge is 2.24. The van der Waals surface area contributed by atoms with Crippen LogP contribution in [0.5, 0.6) is 5.75 Å². The van der Waals surface area contributed by atoms with Crippen LogP contribution in [0, 0.1) is 0 Å². The van der Waals surface area contributed by atoms with Crippen LogP contribution in [-0.2, 0) is 0 Å². The molecule has 17 heavy (non-hydrogen) atoms. The monoisotopic (exact) mass is 252 g/mol. The minimum absolute atomic E-state index is 0.165. The van der Waals surface area contributed by atoms with Crippen molar-refractivity contribution in [1.82, 2.24) is 0 Å². The van der Waals surface area contributed by atoms with E-state index < -0.39 is 0 Å². The van der Waals surface area contributed by atoms with Crippen LogP contribution in [-0.4, -0.2) is 23.4 Å². The topological polar surface area (TPSA) is 29.5 Å². The number of hydrogen-bond donors (Lipinski definition) is 1. The standard InChI is InChI=1S/C14H20O2S/c1-17-10-16-12-8-6-11(7-9-12)13-4-2-3-5-14(13)15/h6-9,13-15H,2-5,10H2,1H3/t13-,14+/m1/s1. The van der Waals surface area contributed by atoms with E-state index in [1.807, 2.05) is 18.4 Å². The van der Waals surface area contributed by atoms with Gasteiger partial charge in [0.2, 0.25) is 0 Å². The van der Waals surface area contributed by atoms with Gasteiger partial charge >= 0.3 is 0 Å². The molecule has 2 nitrogen and oxygen atoms in total. The summed E-state index contributed by atoms with van der Waals surface area (Å²) in [6.45, 7) is 0. The minimum Gasteiger partial charge on any atom is -0.483 e. The van der Waals surface area contributed by atoms with Crippen molar-refractivity contribution in [1.29, 1.82) is 0 Å². The second-order valence-electron chi connectivity index (χ2n) is 4.58. The maximum Gasteiger partial charge on any atom is 0.133 e. The number of ether oxygens (including phenoxy) is 1. The quantitative estimate of drug-likeness (QED) is 0.833. The van der Waals surface area contributed by atoms with Crippen molar-refractivity contribution >= 4 is 11.8 Å². The zero-order valence-electron chi connectivity index (χ0n) is 10.3. The lowest BCUT2D eigenvalue weighted by atomic mass is 9.82. The van der Waals surface area contributed by atoms with Crippen molar-refractivity contribution < 1.29 is 9.84 Å². The first-order valence-corrected chi connectivity index (χ1v) is 7.60. The van der Waals surface area contributed by atoms with Gasteiger partial charge < -0.3 is 9.84 Å². The van der Waals surface area contributed by atoms with E-state index in [9.17, 15) is 5.11 Å². The maximum atomic E-state index is 10.00. The second kappa shape index (κ2) is 6.31. The van der Waals surface area contributed by atoms with Gasteiger partial charge in [-0.05, 0) is 36.8 Å². The molecule has 1 aromatic rings. The molecule has 1 aromatic carbocycles. The first-order chi connectivity index (χ1) is 8.31. The fraction of sp³-hybridized carbons (Fsp3) is 0.571. The van der Waals surface area contributed by atoms with Crippen molar-refractivity contribution in [2.24, 2.45) is 0 Å². The van der Waals surface area contributed by atoms with Crippen molar-refractivity contribution in [3.8, 4) is 5.75 Å². The number of aliphatic hydroxyl groups excluding tert-OH is 1. The molecule has 0 aliphatic heterocycles. The van der Waals surface area contributed by atoms with Crippen LogP contribution in [0.25, 0.3) is 0 Å². The molecule has 0 bridgehead atoms. The molecule has 0 radical (unpaired) electrons. The van der Waals surface area contributed by atoms with Gasteiger partial charge in [0, 0.05) is 5.92 Å². The Kier molecular flexibility index (Phi) is 4.75. The van der Waals surface area contributed by atoms with Crippen molar-refractivity contribution in [2.75, 3.05) is 12.2 Å². The molecule has 0 amide bonds. The SMILES string of the molecule is CSCOc1ccc([C@H]2CCCC[C@@H]2O)cc1. The Hall–Kier alpha value is -0.670. The largest absolute Gasteiger partial charge is 0.483 e. The van der Waals surface area contributed by atoms with Gasteiger partial charge in [-0.2, -0.15) is 0 Å². The minimum atomic E-state index is -0.165. The van der Waals surface area contributed by atoms with E-state index in [-0.39, 0.29) is 6.10 Å². The smallest absolute Gasteiger partial charge is 0.133 e. The molecule has 0 spiro atoms. The molecule has 1 fully saturated rings. The summed E-state index contributed by atoms with van der Waals surface area (Å²) in [5, 5.41) is 10.00. The third kappa shape index (κ3) is 3.39. The van der Waals surface area contributed by atoms with Crippen molar-refractivity contribution in [3.05, 3.63) is 29.8 Å². The summed E-state index contributed by atoms with van der Waals surface area (Å²) in [7, 11) is 0. The van der Waals surface area contributed by atoms with Crippen LogP contribution < -0.4 is 4.74 Å². The number of benzene rings is 1. The van der Waals surface area contributed by atoms with E-state index in [2.05, 4.69) is 12.1 Å². The van der Waals surface area contributed by atoms with Crippen LogP contribution in [0.15, 0.2) is 24.3 Å². The highest BCUT2D eigenvalue weighted by Crippen LogP contribution is 2.33. The maximum absolute atomic E-state index is 10.00. The number of hydrogen-bond acceptors (Lipinski definition) is 3. The average molecular weight is 252 g/mol.